The van der Waals surface area contributed by atoms with Crippen molar-refractivity contribution in [3.63, 3.8) is 0 Å². The number of carboxylic acids is 1. The quantitative estimate of drug-likeness (QED) is 0.770. The van der Waals surface area contributed by atoms with Gasteiger partial charge in [-0.05, 0) is 19.9 Å². The average Bonchev–Trinajstić information content (AvgIpc) is 2.72. The van der Waals surface area contributed by atoms with E-state index in [1.165, 1.54) is 23.6 Å². The molecule has 0 saturated carbocycles. The molecule has 1 rings (SSSR count). The minimum atomic E-state index is -3.64. The molecule has 1 aromatic heterocycles. The number of hydrogen-bond donors (Lipinski definition) is 2. The summed E-state index contributed by atoms with van der Waals surface area (Å²) in [6.45, 7) is 3.50. The molecule has 9 heteroatoms. The van der Waals surface area contributed by atoms with Gasteiger partial charge in [0.05, 0.1) is 0 Å². The fourth-order valence-corrected chi connectivity index (χ4v) is 3.05. The van der Waals surface area contributed by atoms with Crippen LogP contribution in [0.4, 0.5) is 5.13 Å². The molecule has 0 amide bonds. The Kier molecular flexibility index (Phi) is 5.04. The van der Waals surface area contributed by atoms with Gasteiger partial charge in [0.1, 0.15) is 0 Å². The number of anilines is 1. The molecule has 0 spiro atoms. The summed E-state index contributed by atoms with van der Waals surface area (Å²) in [6, 6.07) is -0.177. The molecule has 0 aliphatic heterocycles. The van der Waals surface area contributed by atoms with Gasteiger partial charge in [-0.25, -0.2) is 14.5 Å². The van der Waals surface area contributed by atoms with E-state index in [0.29, 0.717) is 4.88 Å². The van der Waals surface area contributed by atoms with Crippen molar-refractivity contribution in [2.75, 3.05) is 11.8 Å². The first-order valence-electron chi connectivity index (χ1n) is 5.35. The summed E-state index contributed by atoms with van der Waals surface area (Å²) in [7, 11) is -2.18. The number of hydrogen-bond acceptors (Lipinski definition) is 5. The molecule has 0 aliphatic carbocycles. The van der Waals surface area contributed by atoms with Gasteiger partial charge >= 0.3 is 16.2 Å². The first-order chi connectivity index (χ1) is 8.72. The van der Waals surface area contributed by atoms with Crippen LogP contribution in [0.1, 0.15) is 18.7 Å². The maximum absolute atomic E-state index is 11.9. The summed E-state index contributed by atoms with van der Waals surface area (Å²) in [5.41, 5.74) is 0. The first kappa shape index (κ1) is 15.6. The molecule has 0 saturated heterocycles. The van der Waals surface area contributed by atoms with Crippen LogP contribution in [-0.2, 0) is 15.0 Å². The molecule has 0 atom stereocenters. The largest absolute Gasteiger partial charge is 0.478 e. The summed E-state index contributed by atoms with van der Waals surface area (Å²) in [5, 5.41) is 8.67. The van der Waals surface area contributed by atoms with Gasteiger partial charge < -0.3 is 5.11 Å². The second-order valence-electron chi connectivity index (χ2n) is 3.96. The van der Waals surface area contributed by atoms with Crippen LogP contribution < -0.4 is 4.72 Å². The molecule has 1 aromatic rings. The molecule has 1 heterocycles. The Balaban J connectivity index is 2.81. The fraction of sp³-hybridized carbons (Fsp3) is 0.400. The van der Waals surface area contributed by atoms with Crippen molar-refractivity contribution < 1.29 is 18.3 Å². The Bertz CT molecular complexity index is 577. The number of rotatable bonds is 6. The number of carbonyl (C=O) groups is 1. The maximum Gasteiger partial charge on any atom is 0.328 e. The smallest absolute Gasteiger partial charge is 0.328 e. The Labute approximate surface area is 115 Å². The lowest BCUT2D eigenvalue weighted by atomic mass is 10.4. The minimum Gasteiger partial charge on any atom is -0.478 e. The molecule has 106 valence electrons. The van der Waals surface area contributed by atoms with E-state index in [0.717, 1.165) is 17.4 Å². The van der Waals surface area contributed by atoms with E-state index in [9.17, 15) is 13.2 Å². The predicted octanol–water partition coefficient (Wildman–Crippen LogP) is 1.24. The molecular formula is C10H15N3O4S2. The van der Waals surface area contributed by atoms with E-state index in [1.807, 2.05) is 0 Å². The zero-order chi connectivity index (χ0) is 14.6. The lowest BCUT2D eigenvalue weighted by Crippen LogP contribution is -2.37. The average molecular weight is 305 g/mol. The summed E-state index contributed by atoms with van der Waals surface area (Å²) >= 11 is 1.05. The molecule has 19 heavy (non-hydrogen) atoms. The van der Waals surface area contributed by atoms with Crippen LogP contribution >= 0.6 is 11.3 Å². The SMILES string of the molecule is CC(C)N(C)S(=O)(=O)Nc1ncc(C=CC(=O)O)s1. The molecule has 0 aromatic carbocycles. The van der Waals surface area contributed by atoms with Gasteiger partial charge in [0.2, 0.25) is 0 Å². The van der Waals surface area contributed by atoms with Crippen molar-refractivity contribution in [1.82, 2.24) is 9.29 Å². The monoisotopic (exact) mass is 305 g/mol. The maximum atomic E-state index is 11.9. The van der Waals surface area contributed by atoms with Crippen LogP contribution in [0.5, 0.6) is 0 Å². The Morgan fingerprint density at radius 1 is 1.58 bits per heavy atom. The van der Waals surface area contributed by atoms with Crippen molar-refractivity contribution >= 4 is 38.7 Å². The van der Waals surface area contributed by atoms with Crippen molar-refractivity contribution in [2.24, 2.45) is 0 Å². The van der Waals surface area contributed by atoms with Gasteiger partial charge in [-0.2, -0.15) is 12.7 Å². The number of nitrogens with one attached hydrogen (secondary N) is 1. The molecular weight excluding hydrogens is 290 g/mol. The van der Waals surface area contributed by atoms with Crippen LogP contribution in [0.25, 0.3) is 6.08 Å². The molecule has 0 fully saturated rings. The van der Waals surface area contributed by atoms with E-state index in [-0.39, 0.29) is 11.2 Å². The van der Waals surface area contributed by atoms with Crippen molar-refractivity contribution in [2.45, 2.75) is 19.9 Å². The number of aliphatic carboxylic acids is 1. The third-order valence-electron chi connectivity index (χ3n) is 2.24. The number of carboxylic acid groups (broad SMARTS) is 1. The lowest BCUT2D eigenvalue weighted by molar-refractivity contribution is -0.131. The van der Waals surface area contributed by atoms with E-state index in [2.05, 4.69) is 9.71 Å². The van der Waals surface area contributed by atoms with E-state index >= 15 is 0 Å². The highest BCUT2D eigenvalue weighted by molar-refractivity contribution is 7.90. The zero-order valence-electron chi connectivity index (χ0n) is 10.7. The fourth-order valence-electron chi connectivity index (χ4n) is 1.02. The molecule has 0 aliphatic rings. The van der Waals surface area contributed by atoms with Gasteiger partial charge in [0.25, 0.3) is 0 Å². The molecule has 0 bridgehead atoms. The van der Waals surface area contributed by atoms with Crippen molar-refractivity contribution in [3.8, 4) is 0 Å². The van der Waals surface area contributed by atoms with Crippen molar-refractivity contribution in [3.05, 3.63) is 17.2 Å². The molecule has 7 nitrogen and oxygen atoms in total. The standard InChI is InChI=1S/C10H15N3O4S2/c1-7(2)13(3)19(16,17)12-10-11-6-8(18-10)4-5-9(14)15/h4-7H,1-3H3,(H,11,12)(H,14,15). The van der Waals surface area contributed by atoms with Gasteiger partial charge in [-0.3, -0.25) is 0 Å². The van der Waals surface area contributed by atoms with Gasteiger partial charge in [-0.1, -0.05) is 11.3 Å². The zero-order valence-corrected chi connectivity index (χ0v) is 12.3. The van der Waals surface area contributed by atoms with Crippen LogP contribution in [0.2, 0.25) is 0 Å². The van der Waals surface area contributed by atoms with Crippen LogP contribution in [0.15, 0.2) is 12.3 Å². The second-order valence-corrected chi connectivity index (χ2v) is 6.75. The highest BCUT2D eigenvalue weighted by Gasteiger charge is 2.21. The lowest BCUT2D eigenvalue weighted by Gasteiger charge is -2.20. The molecule has 0 radical (unpaired) electrons. The summed E-state index contributed by atoms with van der Waals surface area (Å²) in [5.74, 6) is -1.07. The van der Waals surface area contributed by atoms with E-state index < -0.39 is 16.2 Å². The Morgan fingerprint density at radius 3 is 2.74 bits per heavy atom. The van der Waals surface area contributed by atoms with Crippen molar-refractivity contribution in [1.29, 1.82) is 0 Å². The normalized spacial score (nSPS) is 12.5. The highest BCUT2D eigenvalue weighted by Crippen LogP contribution is 2.21. The van der Waals surface area contributed by atoms with Crippen LogP contribution in [0, 0.1) is 0 Å². The van der Waals surface area contributed by atoms with Gasteiger partial charge in [0.15, 0.2) is 5.13 Å². The van der Waals surface area contributed by atoms with Crippen LogP contribution in [0.3, 0.4) is 0 Å². The second kappa shape index (κ2) is 6.13. The third kappa shape index (κ3) is 4.62. The molecule has 0 unspecified atom stereocenters. The van der Waals surface area contributed by atoms with E-state index in [4.69, 9.17) is 5.11 Å². The summed E-state index contributed by atoms with van der Waals surface area (Å²) in [4.78, 5) is 14.8. The number of thiazole rings is 1. The Morgan fingerprint density at radius 2 is 2.21 bits per heavy atom. The number of nitrogens with zero attached hydrogens (tertiary/aromatic N) is 2. The summed E-state index contributed by atoms with van der Waals surface area (Å²) in [6.07, 6.45) is 3.72. The molecule has 2 N–H and O–H groups in total. The highest BCUT2D eigenvalue weighted by atomic mass is 32.2. The first-order valence-corrected chi connectivity index (χ1v) is 7.60. The van der Waals surface area contributed by atoms with Gasteiger partial charge in [-0.15, -0.1) is 0 Å². The number of aromatic nitrogens is 1. The van der Waals surface area contributed by atoms with Crippen LogP contribution in [-0.4, -0.2) is 41.9 Å². The van der Waals surface area contributed by atoms with E-state index in [1.54, 1.807) is 13.8 Å². The predicted molar refractivity (Wildman–Crippen MR) is 74.2 cm³/mol. The third-order valence-corrected chi connectivity index (χ3v) is 4.87. The topological polar surface area (TPSA) is 99.6 Å². The van der Waals surface area contributed by atoms with Gasteiger partial charge in [0, 0.05) is 30.2 Å². The Hall–Kier alpha value is -1.45. The minimum absolute atomic E-state index is 0.177. The summed E-state index contributed by atoms with van der Waals surface area (Å²) < 4.78 is 27.3.